The summed E-state index contributed by atoms with van der Waals surface area (Å²) in [5.74, 6) is 0.824. The number of rotatable bonds is 6. The Labute approximate surface area is 146 Å². The van der Waals surface area contributed by atoms with Gasteiger partial charge in [-0.05, 0) is 25.8 Å². The molecule has 6 nitrogen and oxygen atoms in total. The monoisotopic (exact) mass is 432 g/mol. The van der Waals surface area contributed by atoms with Gasteiger partial charge in [-0.15, -0.1) is 24.0 Å². The second-order valence-corrected chi connectivity index (χ2v) is 7.65. The summed E-state index contributed by atoms with van der Waals surface area (Å²) in [5.41, 5.74) is 0. The Kier molecular flexibility index (Phi) is 10.6. The molecule has 1 saturated heterocycles. The smallest absolute Gasteiger partial charge is 0.191 e. The molecule has 2 N–H and O–H groups in total. The molecule has 1 rings (SSSR count). The van der Waals surface area contributed by atoms with Crippen LogP contribution in [0.2, 0.25) is 0 Å². The van der Waals surface area contributed by atoms with Crippen molar-refractivity contribution in [1.82, 2.24) is 15.5 Å². The third kappa shape index (κ3) is 9.51. The van der Waals surface area contributed by atoms with E-state index in [4.69, 9.17) is 0 Å². The summed E-state index contributed by atoms with van der Waals surface area (Å²) in [6.45, 7) is 6.01. The van der Waals surface area contributed by atoms with E-state index in [0.717, 1.165) is 25.9 Å². The Bertz CT molecular complexity index is 406. The SMILES string of the molecule is CCCN1CCC(NC(=NC)NCCS(C)(=O)=O)CC1.I. The lowest BCUT2D eigenvalue weighted by atomic mass is 10.1. The van der Waals surface area contributed by atoms with Crippen LogP contribution in [0.15, 0.2) is 4.99 Å². The van der Waals surface area contributed by atoms with Gasteiger partial charge in [0, 0.05) is 39.0 Å². The average molecular weight is 432 g/mol. The van der Waals surface area contributed by atoms with Crippen molar-refractivity contribution in [2.75, 3.05) is 45.2 Å². The molecule has 0 bridgehead atoms. The van der Waals surface area contributed by atoms with Gasteiger partial charge in [-0.25, -0.2) is 8.42 Å². The first kappa shape index (κ1) is 20.9. The summed E-state index contributed by atoms with van der Waals surface area (Å²) in [6, 6.07) is 0.424. The molecule has 0 unspecified atom stereocenters. The zero-order valence-electron chi connectivity index (χ0n) is 13.3. The van der Waals surface area contributed by atoms with Crippen LogP contribution in [-0.2, 0) is 9.84 Å². The molecule has 0 amide bonds. The van der Waals surface area contributed by atoms with E-state index >= 15 is 0 Å². The van der Waals surface area contributed by atoms with Crippen LogP contribution in [0.3, 0.4) is 0 Å². The lowest BCUT2D eigenvalue weighted by molar-refractivity contribution is 0.206. The number of piperidine rings is 1. The van der Waals surface area contributed by atoms with E-state index in [1.165, 1.54) is 19.2 Å². The van der Waals surface area contributed by atoms with Gasteiger partial charge in [-0.3, -0.25) is 4.99 Å². The molecule has 21 heavy (non-hydrogen) atoms. The quantitative estimate of drug-likeness (QED) is 0.367. The van der Waals surface area contributed by atoms with Crippen LogP contribution < -0.4 is 10.6 Å². The predicted molar refractivity (Wildman–Crippen MR) is 99.4 cm³/mol. The lowest BCUT2D eigenvalue weighted by Crippen LogP contribution is -2.49. The van der Waals surface area contributed by atoms with Gasteiger partial charge >= 0.3 is 0 Å². The number of hydrogen-bond acceptors (Lipinski definition) is 4. The number of guanidine groups is 1. The molecule has 1 aliphatic rings. The van der Waals surface area contributed by atoms with Gasteiger partial charge in [0.2, 0.25) is 0 Å². The van der Waals surface area contributed by atoms with Crippen molar-refractivity contribution >= 4 is 39.8 Å². The van der Waals surface area contributed by atoms with Crippen molar-refractivity contribution in [1.29, 1.82) is 0 Å². The maximum absolute atomic E-state index is 11.1. The van der Waals surface area contributed by atoms with Crippen molar-refractivity contribution in [3.8, 4) is 0 Å². The average Bonchev–Trinajstić information content (AvgIpc) is 2.38. The first-order chi connectivity index (χ1) is 9.44. The van der Waals surface area contributed by atoms with E-state index in [1.807, 2.05) is 0 Å². The Morgan fingerprint density at radius 1 is 1.33 bits per heavy atom. The fourth-order valence-electron chi connectivity index (χ4n) is 2.36. The van der Waals surface area contributed by atoms with Crippen molar-refractivity contribution in [2.24, 2.45) is 4.99 Å². The molecule has 1 aliphatic heterocycles. The van der Waals surface area contributed by atoms with Crippen molar-refractivity contribution in [3.63, 3.8) is 0 Å². The van der Waals surface area contributed by atoms with Gasteiger partial charge in [0.25, 0.3) is 0 Å². The molecular formula is C13H29IN4O2S. The van der Waals surface area contributed by atoms with Gasteiger partial charge in [-0.1, -0.05) is 6.92 Å². The molecule has 0 spiro atoms. The summed E-state index contributed by atoms with van der Waals surface area (Å²) >= 11 is 0. The molecule has 0 radical (unpaired) electrons. The molecule has 0 saturated carbocycles. The number of likely N-dealkylation sites (tertiary alicyclic amines) is 1. The van der Waals surface area contributed by atoms with E-state index in [-0.39, 0.29) is 29.7 Å². The van der Waals surface area contributed by atoms with Crippen LogP contribution in [0.5, 0.6) is 0 Å². The van der Waals surface area contributed by atoms with Crippen molar-refractivity contribution in [2.45, 2.75) is 32.2 Å². The highest BCUT2D eigenvalue weighted by molar-refractivity contribution is 14.0. The van der Waals surface area contributed by atoms with Gasteiger partial charge < -0.3 is 15.5 Å². The molecule has 0 aromatic rings. The third-order valence-corrected chi connectivity index (χ3v) is 4.40. The van der Waals surface area contributed by atoms with Gasteiger partial charge in [-0.2, -0.15) is 0 Å². The Morgan fingerprint density at radius 2 is 1.95 bits per heavy atom. The number of halogens is 1. The van der Waals surface area contributed by atoms with Gasteiger partial charge in [0.05, 0.1) is 5.75 Å². The van der Waals surface area contributed by atoms with Crippen LogP contribution >= 0.6 is 24.0 Å². The first-order valence-corrected chi connectivity index (χ1v) is 9.38. The summed E-state index contributed by atoms with van der Waals surface area (Å²) in [6.07, 6.45) is 4.65. The molecule has 8 heteroatoms. The summed E-state index contributed by atoms with van der Waals surface area (Å²) in [4.78, 5) is 6.63. The Hall–Kier alpha value is -0.0900. The van der Waals surface area contributed by atoms with E-state index in [1.54, 1.807) is 7.05 Å². The van der Waals surface area contributed by atoms with Gasteiger partial charge in [0.1, 0.15) is 9.84 Å². The summed E-state index contributed by atoms with van der Waals surface area (Å²) in [7, 11) is -1.22. The minimum absolute atomic E-state index is 0. The van der Waals surface area contributed by atoms with Crippen LogP contribution in [-0.4, -0.2) is 70.6 Å². The second-order valence-electron chi connectivity index (χ2n) is 5.39. The highest BCUT2D eigenvalue weighted by Gasteiger charge is 2.19. The fraction of sp³-hybridized carbons (Fsp3) is 0.923. The molecule has 0 aromatic carbocycles. The molecule has 1 fully saturated rings. The highest BCUT2D eigenvalue weighted by atomic mass is 127. The van der Waals surface area contributed by atoms with E-state index < -0.39 is 9.84 Å². The number of nitrogens with zero attached hydrogens (tertiary/aromatic N) is 2. The maximum Gasteiger partial charge on any atom is 0.191 e. The molecule has 126 valence electrons. The minimum Gasteiger partial charge on any atom is -0.355 e. The van der Waals surface area contributed by atoms with Crippen molar-refractivity contribution < 1.29 is 8.42 Å². The Morgan fingerprint density at radius 3 is 2.43 bits per heavy atom. The van der Waals surface area contributed by atoms with E-state index in [0.29, 0.717) is 18.5 Å². The molecular weight excluding hydrogens is 403 g/mol. The minimum atomic E-state index is -2.93. The summed E-state index contributed by atoms with van der Waals surface area (Å²) < 4.78 is 22.2. The van der Waals surface area contributed by atoms with Crippen LogP contribution in [0.1, 0.15) is 26.2 Å². The van der Waals surface area contributed by atoms with Crippen LogP contribution in [0, 0.1) is 0 Å². The number of nitrogens with one attached hydrogen (secondary N) is 2. The zero-order valence-corrected chi connectivity index (χ0v) is 16.4. The largest absolute Gasteiger partial charge is 0.355 e. The predicted octanol–water partition coefficient (Wildman–Crippen LogP) is 0.688. The van der Waals surface area contributed by atoms with E-state index in [9.17, 15) is 8.42 Å². The first-order valence-electron chi connectivity index (χ1n) is 7.32. The normalized spacial score (nSPS) is 18.1. The van der Waals surface area contributed by atoms with Gasteiger partial charge in [0.15, 0.2) is 5.96 Å². The second kappa shape index (κ2) is 10.6. The van der Waals surface area contributed by atoms with E-state index in [2.05, 4.69) is 27.4 Å². The molecule has 1 heterocycles. The lowest BCUT2D eigenvalue weighted by Gasteiger charge is -2.32. The van der Waals surface area contributed by atoms with Crippen LogP contribution in [0.4, 0.5) is 0 Å². The zero-order chi connectivity index (χ0) is 15.0. The number of sulfone groups is 1. The topological polar surface area (TPSA) is 73.8 Å². The Balaban J connectivity index is 0.00000400. The molecule has 0 aliphatic carbocycles. The molecule has 0 atom stereocenters. The molecule has 0 aromatic heterocycles. The van der Waals surface area contributed by atoms with Crippen molar-refractivity contribution in [3.05, 3.63) is 0 Å². The number of hydrogen-bond donors (Lipinski definition) is 2. The maximum atomic E-state index is 11.1. The highest BCUT2D eigenvalue weighted by Crippen LogP contribution is 2.10. The fourth-order valence-corrected chi connectivity index (χ4v) is 2.83. The summed E-state index contributed by atoms with van der Waals surface area (Å²) in [5, 5.41) is 6.43. The number of aliphatic imine (C=N–C) groups is 1. The van der Waals surface area contributed by atoms with Crippen LogP contribution in [0.25, 0.3) is 0 Å². The third-order valence-electron chi connectivity index (χ3n) is 3.46. The standard InChI is InChI=1S/C13H28N4O2S.HI/c1-4-8-17-9-5-12(6-10-17)16-13(14-2)15-7-11-20(3,18)19;/h12H,4-11H2,1-3H3,(H2,14,15,16);1H.